The zero-order valence-corrected chi connectivity index (χ0v) is 15.0. The molecule has 2 N–H and O–H groups in total. The molecule has 7 heteroatoms. The van der Waals surface area contributed by atoms with Gasteiger partial charge in [0.05, 0.1) is 6.42 Å². The third-order valence-electron chi connectivity index (χ3n) is 3.90. The Bertz CT molecular complexity index is 1050. The Morgan fingerprint density at radius 1 is 1.04 bits per heavy atom. The van der Waals surface area contributed by atoms with Gasteiger partial charge in [0.15, 0.2) is 10.9 Å². The average Bonchev–Trinajstić information content (AvgIpc) is 3.32. The second kappa shape index (κ2) is 7.43. The molecule has 2 aromatic heterocycles. The zero-order valence-electron chi connectivity index (χ0n) is 14.1. The van der Waals surface area contributed by atoms with Crippen LogP contribution in [0.5, 0.6) is 0 Å². The molecule has 4 aromatic rings. The first kappa shape index (κ1) is 17.0. The van der Waals surface area contributed by atoms with Crippen LogP contribution in [-0.4, -0.2) is 16.8 Å². The van der Waals surface area contributed by atoms with E-state index in [1.807, 2.05) is 24.3 Å². The molecular weight excluding hydrogens is 362 g/mol. The minimum absolute atomic E-state index is 0.135. The van der Waals surface area contributed by atoms with Crippen LogP contribution < -0.4 is 10.6 Å². The van der Waals surface area contributed by atoms with Crippen LogP contribution in [0.25, 0.3) is 11.0 Å². The lowest BCUT2D eigenvalue weighted by molar-refractivity contribution is -0.115. The number of hydrogen-bond donors (Lipinski definition) is 2. The Kier molecular flexibility index (Phi) is 4.67. The second-order valence-corrected chi connectivity index (χ2v) is 6.76. The lowest BCUT2D eigenvalue weighted by atomic mass is 10.1. The number of furan rings is 1. The molecule has 134 valence electrons. The summed E-state index contributed by atoms with van der Waals surface area (Å²) in [4.78, 5) is 28.4. The number of hydrogen-bond acceptors (Lipinski definition) is 5. The number of amides is 2. The second-order valence-electron chi connectivity index (χ2n) is 5.86. The minimum Gasteiger partial charge on any atom is -0.451 e. The molecule has 2 aromatic carbocycles. The van der Waals surface area contributed by atoms with Gasteiger partial charge in [0.2, 0.25) is 5.91 Å². The van der Waals surface area contributed by atoms with Gasteiger partial charge in [-0.1, -0.05) is 30.3 Å². The summed E-state index contributed by atoms with van der Waals surface area (Å²) in [7, 11) is 0. The van der Waals surface area contributed by atoms with Crippen LogP contribution in [0.3, 0.4) is 0 Å². The van der Waals surface area contributed by atoms with Gasteiger partial charge < -0.3 is 15.1 Å². The van der Waals surface area contributed by atoms with Gasteiger partial charge >= 0.3 is 0 Å². The fourth-order valence-corrected chi connectivity index (χ4v) is 3.17. The normalized spacial score (nSPS) is 10.7. The van der Waals surface area contributed by atoms with E-state index >= 15 is 0 Å². The molecule has 0 aliphatic heterocycles. The summed E-state index contributed by atoms with van der Waals surface area (Å²) in [5.41, 5.74) is 2.14. The van der Waals surface area contributed by atoms with Crippen molar-refractivity contribution >= 4 is 44.9 Å². The summed E-state index contributed by atoms with van der Waals surface area (Å²) in [5, 5.41) is 8.79. The monoisotopic (exact) mass is 377 g/mol. The van der Waals surface area contributed by atoms with Crippen molar-refractivity contribution in [2.45, 2.75) is 6.42 Å². The summed E-state index contributed by atoms with van der Waals surface area (Å²) in [5.74, 6) is -0.201. The fourth-order valence-electron chi connectivity index (χ4n) is 2.63. The quantitative estimate of drug-likeness (QED) is 0.542. The Hall–Kier alpha value is -3.45. The highest BCUT2D eigenvalue weighted by molar-refractivity contribution is 7.13. The van der Waals surface area contributed by atoms with Gasteiger partial charge in [-0.25, -0.2) is 4.98 Å². The highest BCUT2D eigenvalue weighted by Gasteiger charge is 2.12. The van der Waals surface area contributed by atoms with Crippen molar-refractivity contribution in [1.82, 2.24) is 4.98 Å². The number of carbonyl (C=O) groups is 2. The minimum atomic E-state index is -0.319. The third-order valence-corrected chi connectivity index (χ3v) is 4.59. The molecule has 0 atom stereocenters. The summed E-state index contributed by atoms with van der Waals surface area (Å²) < 4.78 is 5.56. The topological polar surface area (TPSA) is 84.2 Å². The molecule has 0 aliphatic rings. The molecule has 27 heavy (non-hydrogen) atoms. The molecule has 2 heterocycles. The molecular formula is C20H15N3O3S. The van der Waals surface area contributed by atoms with Gasteiger partial charge in [0, 0.05) is 22.7 Å². The van der Waals surface area contributed by atoms with Crippen molar-refractivity contribution in [2.75, 3.05) is 10.6 Å². The van der Waals surface area contributed by atoms with Crippen LogP contribution in [0, 0.1) is 0 Å². The van der Waals surface area contributed by atoms with Gasteiger partial charge in [0.25, 0.3) is 5.91 Å². The number of nitrogens with one attached hydrogen (secondary N) is 2. The van der Waals surface area contributed by atoms with Crippen molar-refractivity contribution in [1.29, 1.82) is 0 Å². The van der Waals surface area contributed by atoms with Crippen LogP contribution >= 0.6 is 11.3 Å². The van der Waals surface area contributed by atoms with E-state index in [2.05, 4.69) is 15.6 Å². The number of fused-ring (bicyclic) bond motifs is 1. The number of para-hydroxylation sites is 1. The number of carbonyl (C=O) groups excluding carboxylic acids is 2. The number of aromatic nitrogens is 1. The summed E-state index contributed by atoms with van der Waals surface area (Å²) in [6.07, 6.45) is 1.87. The Labute approximate surface area is 158 Å². The van der Waals surface area contributed by atoms with Crippen molar-refractivity contribution in [2.24, 2.45) is 0 Å². The molecule has 0 fully saturated rings. The number of rotatable bonds is 5. The summed E-state index contributed by atoms with van der Waals surface area (Å²) in [6, 6.07) is 16.3. The van der Waals surface area contributed by atoms with E-state index in [0.29, 0.717) is 16.4 Å². The first-order chi connectivity index (χ1) is 13.2. The average molecular weight is 377 g/mol. The summed E-state index contributed by atoms with van der Waals surface area (Å²) in [6.45, 7) is 0. The van der Waals surface area contributed by atoms with Crippen molar-refractivity contribution in [3.05, 3.63) is 77.5 Å². The Morgan fingerprint density at radius 3 is 2.59 bits per heavy atom. The molecule has 0 saturated carbocycles. The molecule has 0 bridgehead atoms. The number of anilines is 2. The van der Waals surface area contributed by atoms with Gasteiger partial charge in [-0.15, -0.1) is 11.3 Å². The molecule has 0 aliphatic carbocycles. The molecule has 4 rings (SSSR count). The van der Waals surface area contributed by atoms with Gasteiger partial charge in [-0.05, 0) is 29.8 Å². The predicted octanol–water partition coefficient (Wildman–Crippen LogP) is 4.32. The van der Waals surface area contributed by atoms with Gasteiger partial charge in [-0.2, -0.15) is 0 Å². The summed E-state index contributed by atoms with van der Waals surface area (Å²) >= 11 is 1.37. The first-order valence-electron chi connectivity index (χ1n) is 8.25. The van der Waals surface area contributed by atoms with E-state index in [9.17, 15) is 9.59 Å². The van der Waals surface area contributed by atoms with E-state index in [-0.39, 0.29) is 24.0 Å². The van der Waals surface area contributed by atoms with E-state index in [4.69, 9.17) is 4.42 Å². The van der Waals surface area contributed by atoms with Gasteiger partial charge in [-0.3, -0.25) is 9.59 Å². The SMILES string of the molecule is O=C(Cc1ccc(NC(=O)c2cc3ccccc3o2)cc1)Nc1nccs1. The van der Waals surface area contributed by atoms with E-state index < -0.39 is 0 Å². The molecule has 6 nitrogen and oxygen atoms in total. The molecule has 2 amide bonds. The maximum Gasteiger partial charge on any atom is 0.291 e. The van der Waals surface area contributed by atoms with E-state index in [1.165, 1.54) is 11.3 Å². The molecule has 0 spiro atoms. The van der Waals surface area contributed by atoms with Crippen LogP contribution in [0.2, 0.25) is 0 Å². The highest BCUT2D eigenvalue weighted by Crippen LogP contribution is 2.20. The Balaban J connectivity index is 1.38. The zero-order chi connectivity index (χ0) is 18.6. The van der Waals surface area contributed by atoms with Crippen molar-refractivity contribution in [3.63, 3.8) is 0 Å². The van der Waals surface area contributed by atoms with Crippen molar-refractivity contribution < 1.29 is 14.0 Å². The van der Waals surface area contributed by atoms with Crippen LogP contribution in [0.4, 0.5) is 10.8 Å². The largest absolute Gasteiger partial charge is 0.451 e. The fraction of sp³-hybridized carbons (Fsp3) is 0.0500. The van der Waals surface area contributed by atoms with Gasteiger partial charge in [0.1, 0.15) is 5.58 Å². The van der Waals surface area contributed by atoms with E-state index in [1.54, 1.807) is 41.9 Å². The van der Waals surface area contributed by atoms with Crippen LogP contribution in [-0.2, 0) is 11.2 Å². The van der Waals surface area contributed by atoms with Crippen LogP contribution in [0.15, 0.2) is 70.6 Å². The third kappa shape index (κ3) is 4.04. The maximum absolute atomic E-state index is 12.3. The smallest absolute Gasteiger partial charge is 0.291 e. The van der Waals surface area contributed by atoms with E-state index in [0.717, 1.165) is 10.9 Å². The van der Waals surface area contributed by atoms with Crippen molar-refractivity contribution in [3.8, 4) is 0 Å². The predicted molar refractivity (Wildman–Crippen MR) is 105 cm³/mol. The molecule has 0 unspecified atom stereocenters. The maximum atomic E-state index is 12.3. The number of thiazole rings is 1. The Morgan fingerprint density at radius 2 is 1.85 bits per heavy atom. The standard InChI is InChI=1S/C20H15N3O3S/c24-18(23-20-21-9-10-27-20)11-13-5-7-15(8-6-13)22-19(25)17-12-14-3-1-2-4-16(14)26-17/h1-10,12H,11H2,(H,22,25)(H,21,23,24). The van der Waals surface area contributed by atoms with Crippen LogP contribution in [0.1, 0.15) is 16.1 Å². The number of benzene rings is 2. The molecule has 0 radical (unpaired) electrons. The molecule has 0 saturated heterocycles. The first-order valence-corrected chi connectivity index (χ1v) is 9.13. The lowest BCUT2D eigenvalue weighted by Crippen LogP contribution is -2.14. The highest BCUT2D eigenvalue weighted by atomic mass is 32.1. The lowest BCUT2D eigenvalue weighted by Gasteiger charge is -2.05. The number of nitrogens with zero attached hydrogens (tertiary/aromatic N) is 1.